The summed E-state index contributed by atoms with van der Waals surface area (Å²) in [5.41, 5.74) is 4.10. The summed E-state index contributed by atoms with van der Waals surface area (Å²) in [7, 11) is 0. The molecule has 0 aromatic rings. The van der Waals surface area contributed by atoms with Crippen LogP contribution in [0.5, 0.6) is 0 Å². The Bertz CT molecular complexity index is 510. The number of unbranched alkanes of at least 4 members (excludes halogenated alkanes) is 1. The van der Waals surface area contributed by atoms with Gasteiger partial charge in [-0.05, 0) is 48.5 Å². The van der Waals surface area contributed by atoms with Crippen molar-refractivity contribution in [2.45, 2.75) is 46.5 Å². The minimum atomic E-state index is 0.723. The second-order valence-electron chi connectivity index (χ2n) is 5.16. The Morgan fingerprint density at radius 3 is 2.23 bits per heavy atom. The van der Waals surface area contributed by atoms with Crippen molar-refractivity contribution in [3.63, 3.8) is 0 Å². The lowest BCUT2D eigenvalue weighted by atomic mass is 9.97. The second-order valence-corrected chi connectivity index (χ2v) is 5.54. The molecule has 0 atom stereocenters. The summed E-state index contributed by atoms with van der Waals surface area (Å²) < 4.78 is 0. The maximum atomic E-state index is 6.71. The molecular formula is C21H29Cl. The Hall–Kier alpha value is -1.53. The van der Waals surface area contributed by atoms with Gasteiger partial charge in [-0.1, -0.05) is 88.1 Å². The summed E-state index contributed by atoms with van der Waals surface area (Å²) in [4.78, 5) is 0. The molecule has 0 aliphatic rings. The van der Waals surface area contributed by atoms with E-state index in [4.69, 9.17) is 11.6 Å². The average Bonchev–Trinajstić information content (AvgIpc) is 2.50. The Morgan fingerprint density at radius 1 is 1.09 bits per heavy atom. The predicted molar refractivity (Wildman–Crippen MR) is 103 cm³/mol. The zero-order chi connectivity index (χ0) is 17.0. The summed E-state index contributed by atoms with van der Waals surface area (Å²) >= 11 is 6.71. The van der Waals surface area contributed by atoms with E-state index in [9.17, 15) is 0 Å². The normalized spacial score (nSPS) is 14.0. The summed E-state index contributed by atoms with van der Waals surface area (Å²) in [6.45, 7) is 18.0. The number of halogens is 1. The zero-order valence-corrected chi connectivity index (χ0v) is 15.0. The van der Waals surface area contributed by atoms with Gasteiger partial charge in [0.05, 0.1) is 5.03 Å². The first kappa shape index (κ1) is 20.5. The molecule has 0 fully saturated rings. The minimum absolute atomic E-state index is 0.723. The maximum Gasteiger partial charge on any atom is 0.0555 e. The molecule has 1 heteroatoms. The highest BCUT2D eigenvalue weighted by Gasteiger charge is 2.10. The third-order valence-electron chi connectivity index (χ3n) is 3.24. The lowest BCUT2D eigenvalue weighted by Crippen LogP contribution is -1.94. The monoisotopic (exact) mass is 316 g/mol. The van der Waals surface area contributed by atoms with E-state index in [-0.39, 0.29) is 0 Å². The van der Waals surface area contributed by atoms with Crippen molar-refractivity contribution in [1.29, 1.82) is 0 Å². The van der Waals surface area contributed by atoms with Gasteiger partial charge >= 0.3 is 0 Å². The molecule has 0 heterocycles. The topological polar surface area (TPSA) is 0 Å². The third-order valence-corrected chi connectivity index (χ3v) is 3.65. The van der Waals surface area contributed by atoms with Crippen LogP contribution in [0.25, 0.3) is 0 Å². The molecular weight excluding hydrogens is 288 g/mol. The Morgan fingerprint density at radius 2 is 1.77 bits per heavy atom. The van der Waals surface area contributed by atoms with Crippen molar-refractivity contribution in [1.82, 2.24) is 0 Å². The van der Waals surface area contributed by atoms with Gasteiger partial charge in [-0.3, -0.25) is 0 Å². The molecule has 0 rings (SSSR count). The SMILES string of the molecule is C=C\C=C/C(C(=C)C)=C(Cl)/C(/C=C\CC)=C(/C=C)CCCC. The van der Waals surface area contributed by atoms with Gasteiger partial charge < -0.3 is 0 Å². The molecule has 0 aliphatic carbocycles. The second kappa shape index (κ2) is 12.1. The van der Waals surface area contributed by atoms with Crippen LogP contribution < -0.4 is 0 Å². The van der Waals surface area contributed by atoms with E-state index < -0.39 is 0 Å². The van der Waals surface area contributed by atoms with Crippen LogP contribution in [0.4, 0.5) is 0 Å². The van der Waals surface area contributed by atoms with Gasteiger partial charge in [-0.2, -0.15) is 0 Å². The van der Waals surface area contributed by atoms with E-state index >= 15 is 0 Å². The van der Waals surface area contributed by atoms with E-state index in [1.54, 1.807) is 6.08 Å². The van der Waals surface area contributed by atoms with Gasteiger partial charge in [0, 0.05) is 0 Å². The smallest absolute Gasteiger partial charge is 0.0555 e. The summed E-state index contributed by atoms with van der Waals surface area (Å²) in [5.74, 6) is 0. The largest absolute Gasteiger partial charge is 0.0991 e. The van der Waals surface area contributed by atoms with Gasteiger partial charge in [-0.15, -0.1) is 0 Å². The summed E-state index contributed by atoms with van der Waals surface area (Å²) in [6.07, 6.45) is 15.9. The molecule has 0 amide bonds. The van der Waals surface area contributed by atoms with E-state index in [2.05, 4.69) is 45.7 Å². The van der Waals surface area contributed by atoms with Gasteiger partial charge in [0.25, 0.3) is 0 Å². The van der Waals surface area contributed by atoms with Gasteiger partial charge in [0.15, 0.2) is 0 Å². The molecule has 0 aliphatic heterocycles. The van der Waals surface area contributed by atoms with E-state index in [0.29, 0.717) is 0 Å². The molecule has 0 saturated heterocycles. The first-order valence-corrected chi connectivity index (χ1v) is 8.28. The number of allylic oxidation sites excluding steroid dienone is 11. The fourth-order valence-electron chi connectivity index (χ4n) is 1.98. The van der Waals surface area contributed by atoms with E-state index in [1.165, 1.54) is 5.57 Å². The van der Waals surface area contributed by atoms with E-state index in [1.807, 2.05) is 25.2 Å². The van der Waals surface area contributed by atoms with Crippen molar-refractivity contribution in [2.24, 2.45) is 0 Å². The van der Waals surface area contributed by atoms with Crippen LogP contribution in [0, 0.1) is 0 Å². The predicted octanol–water partition coefficient (Wildman–Crippen LogP) is 7.44. The lowest BCUT2D eigenvalue weighted by Gasteiger charge is -2.12. The van der Waals surface area contributed by atoms with Crippen molar-refractivity contribution < 1.29 is 0 Å². The van der Waals surface area contributed by atoms with Crippen LogP contribution in [0.15, 0.2) is 83.5 Å². The molecule has 0 bridgehead atoms. The average molecular weight is 317 g/mol. The van der Waals surface area contributed by atoms with Crippen molar-refractivity contribution >= 4 is 11.6 Å². The third kappa shape index (κ3) is 6.95. The Kier molecular flexibility index (Phi) is 11.2. The van der Waals surface area contributed by atoms with Crippen molar-refractivity contribution in [3.05, 3.63) is 83.5 Å². The zero-order valence-electron chi connectivity index (χ0n) is 14.3. The fourth-order valence-corrected chi connectivity index (χ4v) is 2.39. The maximum absolute atomic E-state index is 6.71. The first-order valence-electron chi connectivity index (χ1n) is 7.90. The van der Waals surface area contributed by atoms with Crippen LogP contribution >= 0.6 is 11.6 Å². The van der Waals surface area contributed by atoms with Crippen molar-refractivity contribution in [3.8, 4) is 0 Å². The fraction of sp³-hybridized carbons (Fsp3) is 0.333. The molecule has 0 nitrogen and oxygen atoms in total. The molecule has 120 valence electrons. The van der Waals surface area contributed by atoms with Crippen LogP contribution in [-0.4, -0.2) is 0 Å². The Balaban J connectivity index is 6.13. The molecule has 0 aromatic heterocycles. The number of hydrogen-bond acceptors (Lipinski definition) is 0. The first-order chi connectivity index (χ1) is 10.5. The highest BCUT2D eigenvalue weighted by molar-refractivity contribution is 6.33. The van der Waals surface area contributed by atoms with Crippen LogP contribution in [-0.2, 0) is 0 Å². The molecule has 0 aromatic carbocycles. The molecule has 0 spiro atoms. The highest BCUT2D eigenvalue weighted by atomic mass is 35.5. The summed E-state index contributed by atoms with van der Waals surface area (Å²) in [5, 5.41) is 0.723. The lowest BCUT2D eigenvalue weighted by molar-refractivity contribution is 0.795. The molecule has 0 saturated carbocycles. The van der Waals surface area contributed by atoms with Gasteiger partial charge in [0.1, 0.15) is 0 Å². The molecule has 0 N–H and O–H groups in total. The molecule has 0 unspecified atom stereocenters. The minimum Gasteiger partial charge on any atom is -0.0991 e. The van der Waals surface area contributed by atoms with Crippen LogP contribution in [0.2, 0.25) is 0 Å². The van der Waals surface area contributed by atoms with Gasteiger partial charge in [-0.25, -0.2) is 0 Å². The number of hydrogen-bond donors (Lipinski definition) is 0. The molecule has 0 radical (unpaired) electrons. The van der Waals surface area contributed by atoms with Crippen LogP contribution in [0.3, 0.4) is 0 Å². The highest BCUT2D eigenvalue weighted by Crippen LogP contribution is 2.30. The van der Waals surface area contributed by atoms with Gasteiger partial charge in [0.2, 0.25) is 0 Å². The van der Waals surface area contributed by atoms with Crippen molar-refractivity contribution in [2.75, 3.05) is 0 Å². The quantitative estimate of drug-likeness (QED) is 0.367. The molecule has 22 heavy (non-hydrogen) atoms. The summed E-state index contributed by atoms with van der Waals surface area (Å²) in [6, 6.07) is 0. The number of rotatable bonds is 10. The van der Waals surface area contributed by atoms with Crippen LogP contribution in [0.1, 0.15) is 46.5 Å². The standard InChI is InChI=1S/C21H29Cl/c1-7-11-14-18(10-4)20(16-13-9-3)21(22)19(17(5)6)15-12-8-2/h8,10,12-13,15-16H,2,4-5,7,9,11,14H2,1,3,6H3/b15-12-,16-13-,20-18-,21-19+. The van der Waals surface area contributed by atoms with E-state index in [0.717, 1.165) is 47.4 Å². The Labute approximate surface area is 142 Å².